The first kappa shape index (κ1) is 7.03. The van der Waals surface area contributed by atoms with Crippen molar-refractivity contribution in [1.29, 1.82) is 0 Å². The van der Waals surface area contributed by atoms with Gasteiger partial charge in [-0.1, -0.05) is 22.6 Å². The van der Waals surface area contributed by atoms with Gasteiger partial charge in [-0.2, -0.15) is 0 Å². The van der Waals surface area contributed by atoms with Gasteiger partial charge in [0.2, 0.25) is 0 Å². The van der Waals surface area contributed by atoms with Crippen LogP contribution in [0.2, 0.25) is 0 Å². The van der Waals surface area contributed by atoms with Crippen LogP contribution >= 0.6 is 34.4 Å². The van der Waals surface area contributed by atoms with Crippen molar-refractivity contribution in [3.05, 3.63) is 22.8 Å². The van der Waals surface area contributed by atoms with E-state index in [0.29, 0.717) is 0 Å². The van der Waals surface area contributed by atoms with Crippen molar-refractivity contribution in [1.82, 2.24) is 5.32 Å². The Kier molecular flexibility index (Phi) is 1.95. The van der Waals surface area contributed by atoms with E-state index in [4.69, 9.17) is 0 Å². The van der Waals surface area contributed by atoms with Gasteiger partial charge in [0, 0.05) is 11.4 Å². The Bertz CT molecular complexity index is 210. The number of hydrogen-bond donors (Lipinski definition) is 1. The van der Waals surface area contributed by atoms with Crippen LogP contribution in [0.25, 0.3) is 0 Å². The quantitative estimate of drug-likeness (QED) is 0.532. The molecule has 3 heteroatoms. The smallest absolute Gasteiger partial charge is 0.0649 e. The molecular weight excluding hydrogens is 257 g/mol. The molecule has 10 heavy (non-hydrogen) atoms. The second-order valence-corrected chi connectivity index (χ2v) is 6.04. The molecule has 0 amide bonds. The highest BCUT2D eigenvalue weighted by Crippen LogP contribution is 2.41. The highest BCUT2D eigenvalue weighted by atomic mass is 127. The molecule has 1 unspecified atom stereocenters. The molecule has 0 saturated carbocycles. The molecule has 1 nitrogen and oxygen atoms in total. The zero-order valence-corrected chi connectivity index (χ0v) is 8.41. The predicted octanol–water partition coefficient (Wildman–Crippen LogP) is 2.26. The SMILES string of the molecule is IC1CC2=C(CNC=C2)S1. The molecule has 0 spiro atoms. The molecule has 0 aromatic rings. The molecule has 0 bridgehead atoms. The topological polar surface area (TPSA) is 12.0 Å². The van der Waals surface area contributed by atoms with Crippen LogP contribution in [-0.2, 0) is 0 Å². The maximum absolute atomic E-state index is 3.21. The summed E-state index contributed by atoms with van der Waals surface area (Å²) in [5.74, 6) is 0. The average Bonchev–Trinajstić information content (AvgIpc) is 2.27. The lowest BCUT2D eigenvalue weighted by Gasteiger charge is -2.07. The Hall–Kier alpha value is 0.360. The summed E-state index contributed by atoms with van der Waals surface area (Å²) in [4.78, 5) is 1.54. The normalized spacial score (nSPS) is 30.3. The van der Waals surface area contributed by atoms with E-state index in [1.807, 2.05) is 18.0 Å². The molecule has 0 aliphatic carbocycles. The van der Waals surface area contributed by atoms with Gasteiger partial charge in [-0.15, -0.1) is 11.8 Å². The fraction of sp³-hybridized carbons (Fsp3) is 0.429. The van der Waals surface area contributed by atoms with E-state index < -0.39 is 0 Å². The summed E-state index contributed by atoms with van der Waals surface area (Å²) in [6, 6.07) is 0. The van der Waals surface area contributed by atoms with Crippen LogP contribution in [0.3, 0.4) is 0 Å². The number of alkyl halides is 1. The summed E-state index contributed by atoms with van der Waals surface area (Å²) in [5.41, 5.74) is 1.54. The second-order valence-electron chi connectivity index (χ2n) is 2.39. The molecule has 2 aliphatic rings. The monoisotopic (exact) mass is 265 g/mol. The van der Waals surface area contributed by atoms with E-state index in [1.54, 1.807) is 10.5 Å². The number of rotatable bonds is 0. The largest absolute Gasteiger partial charge is 0.386 e. The van der Waals surface area contributed by atoms with E-state index >= 15 is 0 Å². The maximum Gasteiger partial charge on any atom is 0.0649 e. The maximum atomic E-state index is 3.21. The van der Waals surface area contributed by atoms with Crippen LogP contribution in [0, 0.1) is 0 Å². The molecule has 54 valence electrons. The first-order chi connectivity index (χ1) is 4.86. The molecule has 0 aromatic carbocycles. The number of allylic oxidation sites excluding steroid dienone is 2. The number of hydrogen-bond acceptors (Lipinski definition) is 2. The van der Waals surface area contributed by atoms with Gasteiger partial charge in [0.1, 0.15) is 0 Å². The molecule has 0 fully saturated rings. The zero-order chi connectivity index (χ0) is 6.97. The molecule has 0 saturated heterocycles. The Balaban J connectivity index is 2.21. The lowest BCUT2D eigenvalue weighted by Crippen LogP contribution is -2.11. The Morgan fingerprint density at radius 2 is 2.60 bits per heavy atom. The van der Waals surface area contributed by atoms with Gasteiger partial charge in [-0.3, -0.25) is 0 Å². The van der Waals surface area contributed by atoms with Crippen molar-refractivity contribution in [2.45, 2.75) is 9.68 Å². The van der Waals surface area contributed by atoms with Crippen molar-refractivity contribution in [3.8, 4) is 0 Å². The summed E-state index contributed by atoms with van der Waals surface area (Å²) in [5, 5.41) is 3.21. The molecule has 2 aliphatic heterocycles. The van der Waals surface area contributed by atoms with Crippen molar-refractivity contribution in [3.63, 3.8) is 0 Å². The summed E-state index contributed by atoms with van der Waals surface area (Å²) < 4.78 is 0.771. The van der Waals surface area contributed by atoms with Gasteiger partial charge >= 0.3 is 0 Å². The lowest BCUT2D eigenvalue weighted by atomic mass is 10.1. The van der Waals surface area contributed by atoms with Gasteiger partial charge in [-0.05, 0) is 24.3 Å². The first-order valence-electron chi connectivity index (χ1n) is 3.29. The minimum Gasteiger partial charge on any atom is -0.386 e. The lowest BCUT2D eigenvalue weighted by molar-refractivity contribution is 0.939. The van der Waals surface area contributed by atoms with Crippen molar-refractivity contribution in [2.75, 3.05) is 6.54 Å². The van der Waals surface area contributed by atoms with Crippen LogP contribution in [0.5, 0.6) is 0 Å². The van der Waals surface area contributed by atoms with Crippen LogP contribution in [-0.4, -0.2) is 9.80 Å². The summed E-state index contributed by atoms with van der Waals surface area (Å²) in [7, 11) is 0. The van der Waals surface area contributed by atoms with Crippen LogP contribution in [0.4, 0.5) is 0 Å². The van der Waals surface area contributed by atoms with Gasteiger partial charge in [-0.25, -0.2) is 0 Å². The van der Waals surface area contributed by atoms with E-state index in [2.05, 4.69) is 34.0 Å². The van der Waals surface area contributed by atoms with Crippen LogP contribution < -0.4 is 5.32 Å². The highest BCUT2D eigenvalue weighted by Gasteiger charge is 2.21. The Morgan fingerprint density at radius 3 is 3.40 bits per heavy atom. The molecular formula is C7H8INS. The molecule has 2 rings (SSSR count). The molecule has 2 heterocycles. The fourth-order valence-electron chi connectivity index (χ4n) is 1.19. The standard InChI is InChI=1S/C7H8INS/c8-7-3-5-1-2-9-4-6(5)10-7/h1-2,7,9H,3-4H2. The summed E-state index contributed by atoms with van der Waals surface area (Å²) in [6.07, 6.45) is 5.50. The number of halogens is 1. The minimum atomic E-state index is 0.771. The number of nitrogens with one attached hydrogen (secondary N) is 1. The van der Waals surface area contributed by atoms with E-state index in [9.17, 15) is 0 Å². The van der Waals surface area contributed by atoms with Crippen molar-refractivity contribution < 1.29 is 0 Å². The first-order valence-corrected chi connectivity index (χ1v) is 5.41. The van der Waals surface area contributed by atoms with Gasteiger partial charge < -0.3 is 5.32 Å². The fourth-order valence-corrected chi connectivity index (χ4v) is 3.62. The van der Waals surface area contributed by atoms with E-state index in [-0.39, 0.29) is 0 Å². The van der Waals surface area contributed by atoms with Crippen LogP contribution in [0.1, 0.15) is 6.42 Å². The Morgan fingerprint density at radius 1 is 1.70 bits per heavy atom. The third-order valence-corrected chi connectivity index (χ3v) is 3.99. The highest BCUT2D eigenvalue weighted by molar-refractivity contribution is 14.1. The van der Waals surface area contributed by atoms with E-state index in [0.717, 1.165) is 9.80 Å². The van der Waals surface area contributed by atoms with Gasteiger partial charge in [0.15, 0.2) is 0 Å². The predicted molar refractivity (Wildman–Crippen MR) is 54.2 cm³/mol. The molecule has 0 aromatic heterocycles. The summed E-state index contributed by atoms with van der Waals surface area (Å²) >= 11 is 4.50. The number of dihydropyridines is 1. The van der Waals surface area contributed by atoms with Gasteiger partial charge in [0.25, 0.3) is 0 Å². The molecule has 1 atom stereocenters. The third kappa shape index (κ3) is 1.21. The minimum absolute atomic E-state index is 0.771. The zero-order valence-electron chi connectivity index (χ0n) is 5.43. The van der Waals surface area contributed by atoms with Crippen molar-refractivity contribution in [2.24, 2.45) is 0 Å². The van der Waals surface area contributed by atoms with Crippen molar-refractivity contribution >= 4 is 34.4 Å². The molecule has 0 radical (unpaired) electrons. The number of thioether (sulfide) groups is 1. The van der Waals surface area contributed by atoms with E-state index in [1.165, 1.54) is 6.42 Å². The van der Waals surface area contributed by atoms with Gasteiger partial charge in [0.05, 0.1) is 3.26 Å². The summed E-state index contributed by atoms with van der Waals surface area (Å²) in [6.45, 7) is 1.05. The Labute approximate surface area is 78.5 Å². The third-order valence-electron chi connectivity index (χ3n) is 1.67. The molecule has 1 N–H and O–H groups in total. The average molecular weight is 265 g/mol. The van der Waals surface area contributed by atoms with Crippen LogP contribution in [0.15, 0.2) is 22.8 Å². The second kappa shape index (κ2) is 2.77.